The van der Waals surface area contributed by atoms with E-state index in [1.54, 1.807) is 0 Å². The molecule has 0 spiro atoms. The molecule has 0 saturated carbocycles. The lowest BCUT2D eigenvalue weighted by molar-refractivity contribution is -0.130. The van der Waals surface area contributed by atoms with Crippen LogP contribution in [0, 0.1) is 0 Å². The van der Waals surface area contributed by atoms with Crippen LogP contribution in [0.5, 0.6) is 0 Å². The van der Waals surface area contributed by atoms with Crippen molar-refractivity contribution in [3.8, 4) is 0 Å². The molecule has 12 heavy (non-hydrogen) atoms. The quantitative estimate of drug-likeness (QED) is 0.698. The molecule has 2 nitrogen and oxygen atoms in total. The molecule has 0 aliphatic carbocycles. The van der Waals surface area contributed by atoms with Gasteiger partial charge in [0.1, 0.15) is 0 Å². The van der Waals surface area contributed by atoms with Crippen molar-refractivity contribution in [2.75, 3.05) is 24.6 Å². The topological polar surface area (TPSA) is 20.3 Å². The van der Waals surface area contributed by atoms with Crippen LogP contribution < -0.4 is 0 Å². The fourth-order valence-electron chi connectivity index (χ4n) is 1.16. The van der Waals surface area contributed by atoms with Gasteiger partial charge in [0.25, 0.3) is 0 Å². The molecule has 1 amide bonds. The first-order chi connectivity index (χ1) is 5.75. The van der Waals surface area contributed by atoms with Gasteiger partial charge < -0.3 is 4.90 Å². The van der Waals surface area contributed by atoms with Crippen molar-refractivity contribution in [3.05, 3.63) is 0 Å². The highest BCUT2D eigenvalue weighted by Gasteiger charge is 2.21. The predicted octanol–water partition coefficient (Wildman–Crippen LogP) is 1.74. The third-order valence-corrected chi connectivity index (χ3v) is 3.93. The fraction of sp³-hybridized carbons (Fsp3) is 0.875. The minimum atomic E-state index is 0.0283. The number of rotatable bonds is 2. The van der Waals surface area contributed by atoms with Gasteiger partial charge >= 0.3 is 0 Å². The van der Waals surface area contributed by atoms with Gasteiger partial charge in [0.2, 0.25) is 5.91 Å². The van der Waals surface area contributed by atoms with Gasteiger partial charge in [-0.3, -0.25) is 4.79 Å². The average molecular weight is 252 g/mol. The minimum absolute atomic E-state index is 0.0283. The number of halogens is 1. The molecule has 0 N–H and O–H groups in total. The molecule has 1 atom stereocenters. The van der Waals surface area contributed by atoms with Crippen molar-refractivity contribution in [1.82, 2.24) is 4.90 Å². The summed E-state index contributed by atoms with van der Waals surface area (Å²) in [5.41, 5.74) is 0. The van der Waals surface area contributed by atoms with E-state index < -0.39 is 0 Å². The summed E-state index contributed by atoms with van der Waals surface area (Å²) < 4.78 is 0. The van der Waals surface area contributed by atoms with Gasteiger partial charge in [-0.25, -0.2) is 0 Å². The molecule has 70 valence electrons. The van der Waals surface area contributed by atoms with Crippen molar-refractivity contribution in [1.29, 1.82) is 0 Å². The van der Waals surface area contributed by atoms with Crippen LogP contribution in [0.2, 0.25) is 0 Å². The second-order valence-electron chi connectivity index (χ2n) is 2.81. The predicted molar refractivity (Wildman–Crippen MR) is 56.9 cm³/mol. The van der Waals surface area contributed by atoms with E-state index in [1.807, 2.05) is 23.6 Å². The second-order valence-corrected chi connectivity index (χ2v) is 5.14. The van der Waals surface area contributed by atoms with E-state index in [0.717, 1.165) is 31.0 Å². The Labute approximate surface area is 86.2 Å². The first kappa shape index (κ1) is 10.4. The molecule has 1 saturated heterocycles. The molecule has 1 fully saturated rings. The fourth-order valence-corrected chi connectivity index (χ4v) is 2.35. The Hall–Kier alpha value is 0.300. The monoisotopic (exact) mass is 251 g/mol. The Morgan fingerprint density at radius 3 is 2.67 bits per heavy atom. The van der Waals surface area contributed by atoms with Crippen LogP contribution in [0.25, 0.3) is 0 Å². The van der Waals surface area contributed by atoms with E-state index in [0.29, 0.717) is 0 Å². The molecule has 1 rings (SSSR count). The number of amides is 1. The number of alkyl halides is 1. The van der Waals surface area contributed by atoms with Crippen molar-refractivity contribution in [2.24, 2.45) is 0 Å². The number of thioether (sulfide) groups is 1. The summed E-state index contributed by atoms with van der Waals surface area (Å²) in [6.45, 7) is 3.87. The van der Waals surface area contributed by atoms with Gasteiger partial charge in [-0.1, -0.05) is 22.9 Å². The van der Waals surface area contributed by atoms with Crippen LogP contribution in [0.1, 0.15) is 13.3 Å². The first-order valence-corrected chi connectivity index (χ1v) is 6.33. The highest BCUT2D eigenvalue weighted by atomic mass is 79.9. The highest BCUT2D eigenvalue weighted by molar-refractivity contribution is 9.10. The first-order valence-electron chi connectivity index (χ1n) is 4.26. The third kappa shape index (κ3) is 2.66. The number of carbonyl (C=O) groups is 1. The van der Waals surface area contributed by atoms with E-state index in [4.69, 9.17) is 0 Å². The van der Waals surface area contributed by atoms with Crippen LogP contribution in [0.4, 0.5) is 0 Å². The summed E-state index contributed by atoms with van der Waals surface area (Å²) in [5.74, 6) is 2.45. The van der Waals surface area contributed by atoms with E-state index in [2.05, 4.69) is 15.9 Å². The Balaban J connectivity index is 2.39. The lowest BCUT2D eigenvalue weighted by atomic mass is 10.3. The van der Waals surface area contributed by atoms with Gasteiger partial charge in [-0.2, -0.15) is 11.8 Å². The molecule has 1 heterocycles. The molecule has 0 radical (unpaired) electrons. The van der Waals surface area contributed by atoms with Crippen molar-refractivity contribution >= 4 is 33.6 Å². The second kappa shape index (κ2) is 5.12. The number of hydrogen-bond acceptors (Lipinski definition) is 2. The SMILES string of the molecule is CCC(Br)C(=O)N1CCSCC1. The summed E-state index contributed by atoms with van der Waals surface area (Å²) in [6.07, 6.45) is 0.877. The Morgan fingerprint density at radius 1 is 1.58 bits per heavy atom. The van der Waals surface area contributed by atoms with Crippen LogP contribution in [0.3, 0.4) is 0 Å². The molecule has 1 aliphatic heterocycles. The molecule has 0 bridgehead atoms. The zero-order chi connectivity index (χ0) is 8.97. The largest absolute Gasteiger partial charge is 0.340 e. The van der Waals surface area contributed by atoms with Gasteiger partial charge in [-0.05, 0) is 6.42 Å². The molecule has 0 aromatic heterocycles. The van der Waals surface area contributed by atoms with Crippen LogP contribution in [-0.4, -0.2) is 40.2 Å². The Kier molecular flexibility index (Phi) is 4.43. The van der Waals surface area contributed by atoms with Gasteiger partial charge in [0.15, 0.2) is 0 Å². The molecule has 1 unspecified atom stereocenters. The smallest absolute Gasteiger partial charge is 0.236 e. The van der Waals surface area contributed by atoms with E-state index in [-0.39, 0.29) is 10.7 Å². The Morgan fingerprint density at radius 2 is 2.17 bits per heavy atom. The number of nitrogens with zero attached hydrogens (tertiary/aromatic N) is 1. The summed E-state index contributed by atoms with van der Waals surface area (Å²) in [5, 5.41) is 0. The minimum Gasteiger partial charge on any atom is -0.340 e. The molecular weight excluding hydrogens is 238 g/mol. The standard InChI is InChI=1S/C8H14BrNOS/c1-2-7(9)8(11)10-3-5-12-6-4-10/h7H,2-6H2,1H3. The lowest BCUT2D eigenvalue weighted by Gasteiger charge is -2.28. The van der Waals surface area contributed by atoms with Gasteiger partial charge in [0.05, 0.1) is 4.83 Å². The molecule has 4 heteroatoms. The zero-order valence-corrected chi connectivity index (χ0v) is 9.66. The van der Waals surface area contributed by atoms with Gasteiger partial charge in [0, 0.05) is 24.6 Å². The van der Waals surface area contributed by atoms with Crippen LogP contribution >= 0.6 is 27.7 Å². The molecular formula is C8H14BrNOS. The van der Waals surface area contributed by atoms with Crippen LogP contribution in [0.15, 0.2) is 0 Å². The van der Waals surface area contributed by atoms with E-state index in [1.165, 1.54) is 0 Å². The average Bonchev–Trinajstić information content (AvgIpc) is 2.17. The lowest BCUT2D eigenvalue weighted by Crippen LogP contribution is -2.41. The zero-order valence-electron chi connectivity index (χ0n) is 7.25. The van der Waals surface area contributed by atoms with E-state index >= 15 is 0 Å². The number of hydrogen-bond donors (Lipinski definition) is 0. The van der Waals surface area contributed by atoms with Gasteiger partial charge in [-0.15, -0.1) is 0 Å². The van der Waals surface area contributed by atoms with Crippen LogP contribution in [-0.2, 0) is 4.79 Å². The molecule has 0 aromatic rings. The Bertz CT molecular complexity index is 159. The molecule has 1 aliphatic rings. The summed E-state index contributed by atoms with van der Waals surface area (Å²) in [7, 11) is 0. The molecule has 0 aromatic carbocycles. The maximum absolute atomic E-state index is 11.6. The third-order valence-electron chi connectivity index (χ3n) is 1.95. The summed E-state index contributed by atoms with van der Waals surface area (Å²) in [6, 6.07) is 0. The van der Waals surface area contributed by atoms with Crippen molar-refractivity contribution in [2.45, 2.75) is 18.2 Å². The van der Waals surface area contributed by atoms with Crippen molar-refractivity contribution in [3.63, 3.8) is 0 Å². The summed E-state index contributed by atoms with van der Waals surface area (Å²) in [4.78, 5) is 13.6. The highest BCUT2D eigenvalue weighted by Crippen LogP contribution is 2.14. The maximum Gasteiger partial charge on any atom is 0.236 e. The number of carbonyl (C=O) groups excluding carboxylic acids is 1. The maximum atomic E-state index is 11.6. The van der Waals surface area contributed by atoms with E-state index in [9.17, 15) is 4.79 Å². The summed E-state index contributed by atoms with van der Waals surface area (Å²) >= 11 is 5.31. The normalized spacial score (nSPS) is 20.7. The van der Waals surface area contributed by atoms with Crippen molar-refractivity contribution < 1.29 is 4.79 Å².